The van der Waals surface area contributed by atoms with Crippen LogP contribution in [0.25, 0.3) is 0 Å². The second kappa shape index (κ2) is 8.08. The normalized spacial score (nSPS) is 15.5. The second-order valence-corrected chi connectivity index (χ2v) is 6.36. The van der Waals surface area contributed by atoms with Crippen LogP contribution in [0.15, 0.2) is 29.2 Å². The summed E-state index contributed by atoms with van der Waals surface area (Å²) in [5, 5.41) is 3.05. The van der Waals surface area contributed by atoms with Gasteiger partial charge in [-0.05, 0) is 37.1 Å². The van der Waals surface area contributed by atoms with E-state index < -0.39 is 0 Å². The van der Waals surface area contributed by atoms with E-state index in [0.29, 0.717) is 5.75 Å². The first kappa shape index (κ1) is 16.7. The van der Waals surface area contributed by atoms with Crippen molar-refractivity contribution < 1.29 is 14.3 Å². The largest absolute Gasteiger partial charge is 0.497 e. The molecule has 2 rings (SSSR count). The highest BCUT2D eigenvalue weighted by Crippen LogP contribution is 2.21. The highest BCUT2D eigenvalue weighted by atomic mass is 32.2. The number of hydrogen-bond acceptors (Lipinski definition) is 4. The molecular weight excluding hydrogens is 300 g/mol. The minimum absolute atomic E-state index is 0.0436. The SMILES string of the molecule is COc1ccc(SCC(=O)NC2CCN(C(C)=O)CC2)cc1. The van der Waals surface area contributed by atoms with Crippen LogP contribution in [0, 0.1) is 0 Å². The van der Waals surface area contributed by atoms with E-state index in [2.05, 4.69) is 5.32 Å². The van der Waals surface area contributed by atoms with Gasteiger partial charge in [0.1, 0.15) is 5.75 Å². The molecule has 5 nitrogen and oxygen atoms in total. The number of carbonyl (C=O) groups is 2. The number of carbonyl (C=O) groups excluding carboxylic acids is 2. The van der Waals surface area contributed by atoms with E-state index in [4.69, 9.17) is 4.74 Å². The van der Waals surface area contributed by atoms with Gasteiger partial charge in [-0.3, -0.25) is 9.59 Å². The van der Waals surface area contributed by atoms with E-state index in [1.54, 1.807) is 14.0 Å². The maximum atomic E-state index is 12.0. The Morgan fingerprint density at radius 3 is 2.45 bits per heavy atom. The lowest BCUT2D eigenvalue weighted by molar-refractivity contribution is -0.130. The number of nitrogens with zero attached hydrogens (tertiary/aromatic N) is 1. The quantitative estimate of drug-likeness (QED) is 0.842. The summed E-state index contributed by atoms with van der Waals surface area (Å²) in [7, 11) is 1.63. The Bertz CT molecular complexity index is 511. The molecule has 0 aliphatic carbocycles. The minimum Gasteiger partial charge on any atom is -0.497 e. The molecule has 1 aliphatic rings. The molecule has 1 heterocycles. The third-order valence-electron chi connectivity index (χ3n) is 3.73. The fraction of sp³-hybridized carbons (Fsp3) is 0.500. The first-order valence-electron chi connectivity index (χ1n) is 7.40. The lowest BCUT2D eigenvalue weighted by Crippen LogP contribution is -2.46. The van der Waals surface area contributed by atoms with Crippen molar-refractivity contribution in [1.82, 2.24) is 10.2 Å². The number of amides is 2. The van der Waals surface area contributed by atoms with Crippen LogP contribution >= 0.6 is 11.8 Å². The fourth-order valence-electron chi connectivity index (χ4n) is 2.43. The molecule has 0 bridgehead atoms. The molecule has 1 aromatic rings. The highest BCUT2D eigenvalue weighted by Gasteiger charge is 2.21. The van der Waals surface area contributed by atoms with Crippen molar-refractivity contribution in [2.45, 2.75) is 30.7 Å². The summed E-state index contributed by atoms with van der Waals surface area (Å²) in [5.74, 6) is 1.37. The van der Waals surface area contributed by atoms with Gasteiger partial charge in [0.05, 0.1) is 12.9 Å². The number of thioether (sulfide) groups is 1. The van der Waals surface area contributed by atoms with Gasteiger partial charge in [-0.2, -0.15) is 0 Å². The zero-order valence-corrected chi connectivity index (χ0v) is 13.8. The monoisotopic (exact) mass is 322 g/mol. The van der Waals surface area contributed by atoms with E-state index in [9.17, 15) is 9.59 Å². The Kier molecular flexibility index (Phi) is 6.12. The van der Waals surface area contributed by atoms with Gasteiger partial charge in [0, 0.05) is 31.0 Å². The highest BCUT2D eigenvalue weighted by molar-refractivity contribution is 8.00. The summed E-state index contributed by atoms with van der Waals surface area (Å²) in [6.45, 7) is 3.04. The van der Waals surface area contributed by atoms with Crippen LogP contribution in [0.2, 0.25) is 0 Å². The molecule has 1 saturated heterocycles. The van der Waals surface area contributed by atoms with Gasteiger partial charge in [0.15, 0.2) is 0 Å². The standard InChI is InChI=1S/C16H22N2O3S/c1-12(19)18-9-7-13(8-10-18)17-16(20)11-22-15-5-3-14(21-2)4-6-15/h3-6,13H,7-11H2,1-2H3,(H,17,20). The molecule has 0 unspecified atom stereocenters. The van der Waals surface area contributed by atoms with E-state index in [1.165, 1.54) is 11.8 Å². The number of nitrogens with one attached hydrogen (secondary N) is 1. The van der Waals surface area contributed by atoms with Crippen molar-refractivity contribution in [3.8, 4) is 5.75 Å². The van der Waals surface area contributed by atoms with Gasteiger partial charge in [-0.1, -0.05) is 0 Å². The minimum atomic E-state index is 0.0436. The number of ether oxygens (including phenoxy) is 1. The Hall–Kier alpha value is -1.69. The summed E-state index contributed by atoms with van der Waals surface area (Å²) in [6, 6.07) is 7.85. The maximum absolute atomic E-state index is 12.0. The van der Waals surface area contributed by atoms with Gasteiger partial charge < -0.3 is 15.0 Å². The van der Waals surface area contributed by atoms with Gasteiger partial charge in [-0.25, -0.2) is 0 Å². The Morgan fingerprint density at radius 1 is 1.27 bits per heavy atom. The number of piperidine rings is 1. The summed E-state index contributed by atoms with van der Waals surface area (Å²) < 4.78 is 5.10. The van der Waals surface area contributed by atoms with E-state index >= 15 is 0 Å². The molecular formula is C16H22N2O3S. The molecule has 1 aromatic carbocycles. The van der Waals surface area contributed by atoms with Crippen molar-refractivity contribution in [1.29, 1.82) is 0 Å². The Labute approximate surface area is 135 Å². The van der Waals surface area contributed by atoms with Crippen molar-refractivity contribution in [3.05, 3.63) is 24.3 Å². The van der Waals surface area contributed by atoms with Gasteiger partial charge in [0.25, 0.3) is 0 Å². The molecule has 1 fully saturated rings. The van der Waals surface area contributed by atoms with Crippen LogP contribution in [-0.2, 0) is 9.59 Å². The third kappa shape index (κ3) is 4.94. The molecule has 2 amide bonds. The predicted molar refractivity (Wildman–Crippen MR) is 87.1 cm³/mol. The number of likely N-dealkylation sites (tertiary alicyclic amines) is 1. The zero-order valence-electron chi connectivity index (χ0n) is 13.0. The van der Waals surface area contributed by atoms with Crippen LogP contribution in [0.4, 0.5) is 0 Å². The Balaban J connectivity index is 1.70. The van der Waals surface area contributed by atoms with Crippen LogP contribution in [0.1, 0.15) is 19.8 Å². The van der Waals surface area contributed by atoms with Crippen LogP contribution in [0.5, 0.6) is 5.75 Å². The third-order valence-corrected chi connectivity index (χ3v) is 4.75. The number of rotatable bonds is 5. The van der Waals surface area contributed by atoms with Gasteiger partial charge >= 0.3 is 0 Å². The molecule has 22 heavy (non-hydrogen) atoms. The van der Waals surface area contributed by atoms with Gasteiger partial charge in [0.2, 0.25) is 11.8 Å². The molecule has 0 spiro atoms. The predicted octanol–water partition coefficient (Wildman–Crippen LogP) is 1.91. The second-order valence-electron chi connectivity index (χ2n) is 5.31. The molecule has 0 aromatic heterocycles. The lowest BCUT2D eigenvalue weighted by atomic mass is 10.1. The summed E-state index contributed by atoms with van der Waals surface area (Å²) in [5.41, 5.74) is 0. The maximum Gasteiger partial charge on any atom is 0.230 e. The van der Waals surface area contributed by atoms with Crippen molar-refractivity contribution in [2.75, 3.05) is 26.0 Å². The number of hydrogen-bond donors (Lipinski definition) is 1. The van der Waals surface area contributed by atoms with Gasteiger partial charge in [-0.15, -0.1) is 11.8 Å². The summed E-state index contributed by atoms with van der Waals surface area (Å²) in [4.78, 5) is 26.1. The zero-order chi connectivity index (χ0) is 15.9. The van der Waals surface area contributed by atoms with Crippen molar-refractivity contribution in [2.24, 2.45) is 0 Å². The smallest absolute Gasteiger partial charge is 0.230 e. The molecule has 0 saturated carbocycles. The molecule has 0 radical (unpaired) electrons. The lowest BCUT2D eigenvalue weighted by Gasteiger charge is -2.31. The molecule has 0 atom stereocenters. The van der Waals surface area contributed by atoms with Crippen LogP contribution in [0.3, 0.4) is 0 Å². The number of methoxy groups -OCH3 is 1. The molecule has 1 aliphatic heterocycles. The summed E-state index contributed by atoms with van der Waals surface area (Å²) >= 11 is 1.51. The average Bonchev–Trinajstić information content (AvgIpc) is 2.54. The molecule has 120 valence electrons. The Morgan fingerprint density at radius 2 is 1.91 bits per heavy atom. The molecule has 6 heteroatoms. The first-order chi connectivity index (χ1) is 10.6. The number of benzene rings is 1. The van der Waals surface area contributed by atoms with E-state index in [1.807, 2.05) is 29.2 Å². The summed E-state index contributed by atoms with van der Waals surface area (Å²) in [6.07, 6.45) is 1.66. The topological polar surface area (TPSA) is 58.6 Å². The average molecular weight is 322 g/mol. The first-order valence-corrected chi connectivity index (χ1v) is 8.39. The van der Waals surface area contributed by atoms with E-state index in [0.717, 1.165) is 36.6 Å². The van der Waals surface area contributed by atoms with Crippen molar-refractivity contribution >= 4 is 23.6 Å². The van der Waals surface area contributed by atoms with E-state index in [-0.39, 0.29) is 17.9 Å². The van der Waals surface area contributed by atoms with Crippen LogP contribution < -0.4 is 10.1 Å². The fourth-order valence-corrected chi connectivity index (χ4v) is 3.14. The molecule has 1 N–H and O–H groups in total. The van der Waals surface area contributed by atoms with Crippen molar-refractivity contribution in [3.63, 3.8) is 0 Å². The van der Waals surface area contributed by atoms with Crippen LogP contribution in [-0.4, -0.2) is 48.7 Å².